The summed E-state index contributed by atoms with van der Waals surface area (Å²) >= 11 is 1.33. The van der Waals surface area contributed by atoms with E-state index in [1.165, 1.54) is 35.6 Å². The van der Waals surface area contributed by atoms with Crippen molar-refractivity contribution in [3.05, 3.63) is 58.2 Å². The van der Waals surface area contributed by atoms with Crippen molar-refractivity contribution in [2.45, 2.75) is 26.2 Å². The smallest absolute Gasteiger partial charge is 0.249 e. The lowest BCUT2D eigenvalue weighted by Gasteiger charge is -2.17. The largest absolute Gasteiger partial charge is 0.313 e. The average Bonchev–Trinajstić information content (AvgIpc) is 2.88. The highest BCUT2D eigenvalue weighted by atomic mass is 32.1. The predicted octanol–water partition coefficient (Wildman–Crippen LogP) is 4.71. The SMILES string of the molecule is CC(C)(C)c1csc(NC(=O)/C=C/c2cccc(F)c2)c1C#N. The van der Waals surface area contributed by atoms with Gasteiger partial charge in [-0.2, -0.15) is 5.26 Å². The van der Waals surface area contributed by atoms with Crippen molar-refractivity contribution in [2.24, 2.45) is 0 Å². The molecule has 0 fully saturated rings. The molecule has 2 rings (SSSR count). The number of rotatable bonds is 3. The summed E-state index contributed by atoms with van der Waals surface area (Å²) in [6.45, 7) is 6.06. The lowest BCUT2D eigenvalue weighted by atomic mass is 9.86. The van der Waals surface area contributed by atoms with Crippen LogP contribution in [-0.2, 0) is 10.2 Å². The predicted molar refractivity (Wildman–Crippen MR) is 91.8 cm³/mol. The zero-order valence-corrected chi connectivity index (χ0v) is 14.0. The summed E-state index contributed by atoms with van der Waals surface area (Å²) in [5.74, 6) is -0.708. The first kappa shape index (κ1) is 16.9. The van der Waals surface area contributed by atoms with Crippen LogP contribution in [0.3, 0.4) is 0 Å². The van der Waals surface area contributed by atoms with Gasteiger partial charge in [0.1, 0.15) is 16.9 Å². The van der Waals surface area contributed by atoms with Gasteiger partial charge in [-0.1, -0.05) is 32.9 Å². The van der Waals surface area contributed by atoms with E-state index < -0.39 is 0 Å². The number of nitrogens with one attached hydrogen (secondary N) is 1. The van der Waals surface area contributed by atoms with Crippen LogP contribution >= 0.6 is 11.3 Å². The summed E-state index contributed by atoms with van der Waals surface area (Å²) in [5, 5.41) is 14.5. The van der Waals surface area contributed by atoms with Crippen molar-refractivity contribution >= 4 is 28.3 Å². The molecular formula is C18H17FN2OS. The number of hydrogen-bond acceptors (Lipinski definition) is 3. The fourth-order valence-corrected chi connectivity index (χ4v) is 3.19. The van der Waals surface area contributed by atoms with Gasteiger partial charge in [-0.3, -0.25) is 4.79 Å². The second-order valence-electron chi connectivity index (χ2n) is 6.09. The first-order valence-electron chi connectivity index (χ1n) is 7.08. The number of carbonyl (C=O) groups excluding carboxylic acids is 1. The molecule has 1 heterocycles. The Morgan fingerprint density at radius 3 is 2.74 bits per heavy atom. The van der Waals surface area contributed by atoms with Gasteiger partial charge in [0.15, 0.2) is 0 Å². The highest BCUT2D eigenvalue weighted by Crippen LogP contribution is 2.35. The van der Waals surface area contributed by atoms with E-state index >= 15 is 0 Å². The molecule has 0 aliphatic carbocycles. The first-order valence-corrected chi connectivity index (χ1v) is 7.96. The monoisotopic (exact) mass is 328 g/mol. The number of amides is 1. The molecule has 1 aromatic carbocycles. The Kier molecular flexibility index (Phi) is 4.97. The quantitative estimate of drug-likeness (QED) is 0.830. The molecule has 0 aliphatic heterocycles. The molecule has 2 aromatic rings. The molecule has 3 nitrogen and oxygen atoms in total. The number of nitriles is 1. The van der Waals surface area contributed by atoms with Crippen LogP contribution in [-0.4, -0.2) is 5.91 Å². The molecule has 0 aliphatic rings. The van der Waals surface area contributed by atoms with Crippen LogP contribution < -0.4 is 5.32 Å². The van der Waals surface area contributed by atoms with Crippen molar-refractivity contribution in [1.29, 1.82) is 5.26 Å². The highest BCUT2D eigenvalue weighted by Gasteiger charge is 2.22. The summed E-state index contributed by atoms with van der Waals surface area (Å²) in [5.41, 5.74) is 1.84. The topological polar surface area (TPSA) is 52.9 Å². The second kappa shape index (κ2) is 6.76. The fraction of sp³-hybridized carbons (Fsp3) is 0.222. The normalized spacial score (nSPS) is 11.4. The molecular weight excluding hydrogens is 311 g/mol. The van der Waals surface area contributed by atoms with E-state index in [1.54, 1.807) is 12.1 Å². The van der Waals surface area contributed by atoms with Gasteiger partial charge in [-0.05, 0) is 40.1 Å². The molecule has 1 aromatic heterocycles. The van der Waals surface area contributed by atoms with Gasteiger partial charge in [0.2, 0.25) is 5.91 Å². The fourth-order valence-electron chi connectivity index (χ4n) is 2.05. The van der Waals surface area contributed by atoms with E-state index in [0.29, 0.717) is 16.1 Å². The van der Waals surface area contributed by atoms with Crippen molar-refractivity contribution in [3.8, 4) is 6.07 Å². The maximum Gasteiger partial charge on any atom is 0.249 e. The minimum atomic E-state index is -0.354. The summed E-state index contributed by atoms with van der Waals surface area (Å²) < 4.78 is 13.1. The Morgan fingerprint density at radius 1 is 1.39 bits per heavy atom. The molecule has 0 saturated heterocycles. The molecule has 0 atom stereocenters. The van der Waals surface area contributed by atoms with E-state index in [2.05, 4.69) is 11.4 Å². The zero-order valence-electron chi connectivity index (χ0n) is 13.2. The Morgan fingerprint density at radius 2 is 2.13 bits per heavy atom. The van der Waals surface area contributed by atoms with E-state index in [4.69, 9.17) is 0 Å². The molecule has 1 N–H and O–H groups in total. The third-order valence-electron chi connectivity index (χ3n) is 3.22. The summed E-state index contributed by atoms with van der Waals surface area (Å²) in [4.78, 5) is 12.0. The van der Waals surface area contributed by atoms with Gasteiger partial charge in [0.25, 0.3) is 0 Å². The Balaban J connectivity index is 2.15. The molecule has 0 spiro atoms. The Hall–Kier alpha value is -2.45. The number of carbonyl (C=O) groups is 1. The van der Waals surface area contributed by atoms with Crippen LogP contribution in [0.5, 0.6) is 0 Å². The maximum atomic E-state index is 13.1. The minimum Gasteiger partial charge on any atom is -0.313 e. The molecule has 23 heavy (non-hydrogen) atoms. The summed E-state index contributed by atoms with van der Waals surface area (Å²) in [6, 6.07) is 8.13. The number of halogens is 1. The second-order valence-corrected chi connectivity index (χ2v) is 6.97. The number of hydrogen-bond donors (Lipinski definition) is 1. The number of thiophene rings is 1. The van der Waals surface area contributed by atoms with Crippen LogP contribution in [0.2, 0.25) is 0 Å². The first-order chi connectivity index (χ1) is 10.8. The van der Waals surface area contributed by atoms with E-state index in [0.717, 1.165) is 5.56 Å². The van der Waals surface area contributed by atoms with Gasteiger partial charge in [-0.25, -0.2) is 4.39 Å². The van der Waals surface area contributed by atoms with E-state index in [9.17, 15) is 14.4 Å². The molecule has 118 valence electrons. The Bertz CT molecular complexity index is 794. The van der Waals surface area contributed by atoms with E-state index in [-0.39, 0.29) is 17.1 Å². The number of nitrogens with zero attached hydrogens (tertiary/aromatic N) is 1. The van der Waals surface area contributed by atoms with Gasteiger partial charge >= 0.3 is 0 Å². The van der Waals surface area contributed by atoms with Crippen LogP contribution in [0.1, 0.15) is 37.5 Å². The van der Waals surface area contributed by atoms with E-state index in [1.807, 2.05) is 26.2 Å². The lowest BCUT2D eigenvalue weighted by Crippen LogP contribution is -2.13. The third kappa shape index (κ3) is 4.27. The van der Waals surface area contributed by atoms with Crippen LogP contribution in [0.4, 0.5) is 9.39 Å². The standard InChI is InChI=1S/C18H17FN2OS/c1-18(2,3)15-11-23-17(14(15)10-20)21-16(22)8-7-12-5-4-6-13(19)9-12/h4-9,11H,1-3H3,(H,21,22)/b8-7+. The lowest BCUT2D eigenvalue weighted by molar-refractivity contribution is -0.111. The highest BCUT2D eigenvalue weighted by molar-refractivity contribution is 7.14. The maximum absolute atomic E-state index is 13.1. The van der Waals surface area contributed by atoms with Gasteiger partial charge in [0.05, 0.1) is 5.56 Å². The van der Waals surface area contributed by atoms with Crippen molar-refractivity contribution in [1.82, 2.24) is 0 Å². The van der Waals surface area contributed by atoms with Crippen LogP contribution in [0.25, 0.3) is 6.08 Å². The molecule has 5 heteroatoms. The number of anilines is 1. The average molecular weight is 328 g/mol. The summed E-state index contributed by atoms with van der Waals surface area (Å²) in [6.07, 6.45) is 2.86. The van der Waals surface area contributed by atoms with Crippen molar-refractivity contribution < 1.29 is 9.18 Å². The molecule has 0 bridgehead atoms. The molecule has 0 radical (unpaired) electrons. The molecule has 0 unspecified atom stereocenters. The van der Waals surface area contributed by atoms with Gasteiger partial charge < -0.3 is 5.32 Å². The summed E-state index contributed by atoms with van der Waals surface area (Å²) in [7, 11) is 0. The number of benzene rings is 1. The van der Waals surface area contributed by atoms with Crippen molar-refractivity contribution in [2.75, 3.05) is 5.32 Å². The van der Waals surface area contributed by atoms with Crippen molar-refractivity contribution in [3.63, 3.8) is 0 Å². The molecule has 1 amide bonds. The Labute approximate surface area is 139 Å². The van der Waals surface area contributed by atoms with Crippen LogP contribution in [0, 0.1) is 17.1 Å². The zero-order chi connectivity index (χ0) is 17.0. The van der Waals surface area contributed by atoms with Gasteiger partial charge in [0, 0.05) is 6.08 Å². The van der Waals surface area contributed by atoms with Gasteiger partial charge in [-0.15, -0.1) is 11.3 Å². The molecule has 0 saturated carbocycles. The third-order valence-corrected chi connectivity index (χ3v) is 4.12. The van der Waals surface area contributed by atoms with Crippen LogP contribution in [0.15, 0.2) is 35.7 Å². The minimum absolute atomic E-state index is 0.165.